The number of anilines is 1. The number of thioether (sulfide) groups is 1. The number of thiazole rings is 1. The zero-order valence-electron chi connectivity index (χ0n) is 21.1. The van der Waals surface area contributed by atoms with Gasteiger partial charge < -0.3 is 4.72 Å². The minimum atomic E-state index is 0.417. The van der Waals surface area contributed by atoms with Gasteiger partial charge in [-0.3, -0.25) is 0 Å². The van der Waals surface area contributed by atoms with Gasteiger partial charge in [-0.25, -0.2) is 14.0 Å². The number of para-hydroxylation sites is 1. The molecule has 0 bridgehead atoms. The van der Waals surface area contributed by atoms with Crippen molar-refractivity contribution in [1.82, 2.24) is 19.1 Å². The van der Waals surface area contributed by atoms with Crippen LogP contribution in [-0.2, 0) is 6.42 Å². The van der Waals surface area contributed by atoms with Crippen molar-refractivity contribution in [3.63, 3.8) is 0 Å². The van der Waals surface area contributed by atoms with Gasteiger partial charge in [-0.15, -0.1) is 11.8 Å². The van der Waals surface area contributed by atoms with Crippen LogP contribution < -0.4 is 4.72 Å². The van der Waals surface area contributed by atoms with E-state index in [-0.39, 0.29) is 0 Å². The van der Waals surface area contributed by atoms with Gasteiger partial charge in [0.15, 0.2) is 0 Å². The van der Waals surface area contributed by atoms with Crippen molar-refractivity contribution >= 4 is 64.1 Å². The predicted molar refractivity (Wildman–Crippen MR) is 159 cm³/mol. The molecule has 2 aromatic heterocycles. The summed E-state index contributed by atoms with van der Waals surface area (Å²) in [7, 11) is 4.04. The van der Waals surface area contributed by atoms with Gasteiger partial charge in [0.05, 0.1) is 25.6 Å². The largest absolute Gasteiger partial charge is 0.316 e. The molecule has 5 nitrogen and oxygen atoms in total. The minimum Gasteiger partial charge on any atom is -0.316 e. The van der Waals surface area contributed by atoms with Crippen LogP contribution >= 0.6 is 58.4 Å². The molecule has 0 atom stereocenters. The third-order valence-corrected chi connectivity index (χ3v) is 9.12. The summed E-state index contributed by atoms with van der Waals surface area (Å²) < 4.78 is 8.60. The number of aromatic nitrogens is 3. The van der Waals surface area contributed by atoms with Crippen LogP contribution in [0.15, 0.2) is 46.7 Å². The summed E-state index contributed by atoms with van der Waals surface area (Å²) in [6.45, 7) is 8.56. The smallest absolute Gasteiger partial charge is 0.212 e. The topological polar surface area (TPSA) is 46.0 Å². The molecule has 0 aliphatic rings. The summed E-state index contributed by atoms with van der Waals surface area (Å²) in [5.74, 6) is 0. The Balaban J connectivity index is 1.71. The van der Waals surface area contributed by atoms with Crippen molar-refractivity contribution in [3.8, 4) is 16.4 Å². The van der Waals surface area contributed by atoms with Crippen LogP contribution in [0.4, 0.5) is 5.69 Å². The van der Waals surface area contributed by atoms with Gasteiger partial charge in [0.25, 0.3) is 0 Å². The summed E-state index contributed by atoms with van der Waals surface area (Å²) in [5, 5.41) is 7.24. The van der Waals surface area contributed by atoms with Crippen molar-refractivity contribution < 1.29 is 0 Å². The van der Waals surface area contributed by atoms with Crippen molar-refractivity contribution in [2.24, 2.45) is 0 Å². The summed E-state index contributed by atoms with van der Waals surface area (Å²) in [4.78, 5) is 5.04. The highest BCUT2D eigenvalue weighted by atomic mass is 35.5. The van der Waals surface area contributed by atoms with Gasteiger partial charge in [0, 0.05) is 46.3 Å². The number of nitrogens with one attached hydrogen (secondary N) is 1. The van der Waals surface area contributed by atoms with Crippen LogP contribution in [0.2, 0.25) is 10.0 Å². The lowest BCUT2D eigenvalue weighted by Gasteiger charge is -2.14. The van der Waals surface area contributed by atoms with Crippen LogP contribution in [-0.4, -0.2) is 38.4 Å². The highest BCUT2D eigenvalue weighted by Crippen LogP contribution is 2.41. The lowest BCUT2D eigenvalue weighted by atomic mass is 10.0. The molecule has 0 fully saturated rings. The Morgan fingerprint density at radius 2 is 1.83 bits per heavy atom. The van der Waals surface area contributed by atoms with Crippen LogP contribution in [0.3, 0.4) is 0 Å². The first kappa shape index (κ1) is 27.4. The van der Waals surface area contributed by atoms with Crippen LogP contribution in [0, 0.1) is 13.8 Å². The minimum absolute atomic E-state index is 0.417. The van der Waals surface area contributed by atoms with E-state index in [9.17, 15) is 0 Å². The van der Waals surface area contributed by atoms with Gasteiger partial charge >= 0.3 is 0 Å². The highest BCUT2D eigenvalue weighted by Gasteiger charge is 2.21. The maximum atomic E-state index is 6.33. The highest BCUT2D eigenvalue weighted by molar-refractivity contribution is 8.01. The number of nitrogens with zero attached hydrogens (tertiary/aromatic N) is 4. The molecular weight excluding hydrogens is 549 g/mol. The number of hydrogen-bond donors (Lipinski definition) is 1. The zero-order valence-corrected chi connectivity index (χ0v) is 25.1. The third-order valence-electron chi connectivity index (χ3n) is 5.47. The molecule has 0 unspecified atom stereocenters. The van der Waals surface area contributed by atoms with Crippen LogP contribution in [0.25, 0.3) is 16.4 Å². The third kappa shape index (κ3) is 6.23. The molecule has 0 saturated carbocycles. The average Bonchev–Trinajstić information content (AvgIpc) is 3.35. The quantitative estimate of drug-likeness (QED) is 0.159. The molecule has 0 amide bonds. The average molecular weight is 579 g/mol. The van der Waals surface area contributed by atoms with E-state index >= 15 is 0 Å². The van der Waals surface area contributed by atoms with E-state index in [1.807, 2.05) is 41.3 Å². The van der Waals surface area contributed by atoms with Gasteiger partial charge in [-0.1, -0.05) is 72.7 Å². The molecule has 4 aromatic rings. The number of rotatable bonds is 9. The summed E-state index contributed by atoms with van der Waals surface area (Å²) in [6, 6.07) is 14.1. The van der Waals surface area contributed by atoms with E-state index < -0.39 is 0 Å². The fourth-order valence-corrected chi connectivity index (χ4v) is 7.03. The zero-order chi connectivity index (χ0) is 26.0. The summed E-state index contributed by atoms with van der Waals surface area (Å²) >= 11 is 17.5. The molecular formula is C26H29Cl2N5S3. The lowest BCUT2D eigenvalue weighted by molar-refractivity contribution is 0.706. The van der Waals surface area contributed by atoms with Crippen molar-refractivity contribution in [3.05, 3.63) is 75.0 Å². The van der Waals surface area contributed by atoms with Gasteiger partial charge in [0.1, 0.15) is 0 Å². The Labute approximate surface area is 235 Å². The Bertz CT molecular complexity index is 1360. The molecule has 0 aliphatic carbocycles. The molecule has 0 spiro atoms. The second-order valence-electron chi connectivity index (χ2n) is 8.83. The van der Waals surface area contributed by atoms with E-state index in [1.165, 1.54) is 11.1 Å². The van der Waals surface area contributed by atoms with Gasteiger partial charge in [-0.2, -0.15) is 5.10 Å². The monoisotopic (exact) mass is 577 g/mol. The SMILES string of the molecule is Cc1nn(-c2nc(-c3ccc(Cl)c(Cl)c3)c(SC(C)C)s2)c(C)c1Cc1ccccc1NSN(C)C. The Morgan fingerprint density at radius 1 is 1.08 bits per heavy atom. The van der Waals surface area contributed by atoms with Gasteiger partial charge in [0.2, 0.25) is 5.13 Å². The maximum absolute atomic E-state index is 6.33. The normalized spacial score (nSPS) is 11.6. The number of hydrogen-bond acceptors (Lipinski definition) is 7. The summed E-state index contributed by atoms with van der Waals surface area (Å²) in [5.41, 5.74) is 7.51. The number of aryl methyl sites for hydroxylation is 1. The van der Waals surface area contributed by atoms with E-state index in [0.29, 0.717) is 15.3 Å². The summed E-state index contributed by atoms with van der Waals surface area (Å²) in [6.07, 6.45) is 0.785. The first-order valence-electron chi connectivity index (χ1n) is 11.5. The maximum Gasteiger partial charge on any atom is 0.212 e. The number of halogens is 2. The first-order valence-corrected chi connectivity index (χ1v) is 14.7. The second kappa shape index (κ2) is 11.8. The molecule has 0 aliphatic heterocycles. The van der Waals surface area contributed by atoms with E-state index in [0.717, 1.165) is 44.1 Å². The number of benzene rings is 2. The van der Waals surface area contributed by atoms with E-state index in [2.05, 4.69) is 56.7 Å². The molecule has 0 saturated heterocycles. The van der Waals surface area contributed by atoms with Crippen LogP contribution in [0.5, 0.6) is 0 Å². The molecule has 0 radical (unpaired) electrons. The van der Waals surface area contributed by atoms with Crippen molar-refractivity contribution in [1.29, 1.82) is 0 Å². The molecule has 36 heavy (non-hydrogen) atoms. The first-order chi connectivity index (χ1) is 17.1. The van der Waals surface area contributed by atoms with Gasteiger partial charge in [-0.05, 0) is 51.7 Å². The fraction of sp³-hybridized carbons (Fsp3) is 0.308. The molecule has 4 rings (SSSR count). The second-order valence-corrected chi connectivity index (χ2v) is 13.6. The molecule has 2 aromatic carbocycles. The standard InChI is InChI=1S/C26H29Cl2N5S3/c1-15(2)34-25-24(19-11-12-21(27)22(28)14-19)29-26(35-25)33-17(4)20(16(3)30-33)13-18-9-7-8-10-23(18)31-36-32(5)6/h7-12,14-15,31H,13H2,1-6H3. The Morgan fingerprint density at radius 3 is 2.53 bits per heavy atom. The molecule has 190 valence electrons. The Hall–Kier alpha value is -1.68. The Kier molecular flexibility index (Phi) is 8.96. The van der Waals surface area contributed by atoms with Crippen molar-refractivity contribution in [2.75, 3.05) is 18.8 Å². The van der Waals surface area contributed by atoms with E-state index in [1.54, 1.807) is 35.2 Å². The van der Waals surface area contributed by atoms with Crippen LogP contribution in [0.1, 0.15) is 36.4 Å². The molecule has 10 heteroatoms. The predicted octanol–water partition coefficient (Wildman–Crippen LogP) is 8.55. The lowest BCUT2D eigenvalue weighted by Crippen LogP contribution is -2.06. The van der Waals surface area contributed by atoms with E-state index in [4.69, 9.17) is 33.3 Å². The molecule has 1 N–H and O–H groups in total. The fourth-order valence-electron chi connectivity index (χ4n) is 3.73. The van der Waals surface area contributed by atoms with Crippen molar-refractivity contribution in [2.45, 2.75) is 43.6 Å². The molecule has 2 heterocycles.